The summed E-state index contributed by atoms with van der Waals surface area (Å²) in [5.74, 6) is -1.13. The van der Waals surface area contributed by atoms with Crippen molar-refractivity contribution < 1.29 is 13.5 Å². The summed E-state index contributed by atoms with van der Waals surface area (Å²) in [5, 5.41) is 0. The van der Waals surface area contributed by atoms with Crippen molar-refractivity contribution in [3.63, 3.8) is 0 Å². The van der Waals surface area contributed by atoms with Gasteiger partial charge >= 0.3 is 0 Å². The summed E-state index contributed by atoms with van der Waals surface area (Å²) in [4.78, 5) is 11.8. The number of benzene rings is 1. The van der Waals surface area contributed by atoms with Crippen molar-refractivity contribution in [2.24, 2.45) is 7.05 Å². The quantitative estimate of drug-likeness (QED) is 0.761. The van der Waals surface area contributed by atoms with Crippen LogP contribution in [-0.2, 0) is 7.05 Å². The predicted octanol–water partition coefficient (Wildman–Crippen LogP) is 3.79. The second-order valence-corrected chi connectivity index (χ2v) is 5.91. The summed E-state index contributed by atoms with van der Waals surface area (Å²) < 4.78 is 35.1. The minimum Gasteiger partial charge on any atom is -0.483 e. The van der Waals surface area contributed by atoms with Gasteiger partial charge in [0.15, 0.2) is 0 Å². The molecule has 1 aromatic carbocycles. The minimum atomic E-state index is -0.775. The Kier molecular flexibility index (Phi) is 5.05. The second kappa shape index (κ2) is 6.62. The van der Waals surface area contributed by atoms with Crippen molar-refractivity contribution >= 4 is 27.7 Å². The van der Waals surface area contributed by atoms with Gasteiger partial charge in [-0.05, 0) is 34.3 Å². The summed E-state index contributed by atoms with van der Waals surface area (Å²) in [6.07, 6.45) is 1.82. The van der Waals surface area contributed by atoms with Crippen molar-refractivity contribution in [2.45, 2.75) is 0 Å². The molecule has 0 amide bonds. The smallest absolute Gasteiger partial charge is 0.265 e. The molecule has 0 aliphatic heterocycles. The zero-order valence-electron chi connectivity index (χ0n) is 11.3. The van der Waals surface area contributed by atoms with Crippen LogP contribution in [0, 0.1) is 11.6 Å². The van der Waals surface area contributed by atoms with Gasteiger partial charge in [-0.1, -0.05) is 0 Å². The molecular formula is C14H12BrF2NO2S. The predicted molar refractivity (Wildman–Crippen MR) is 83.7 cm³/mol. The van der Waals surface area contributed by atoms with Gasteiger partial charge in [-0.15, -0.1) is 11.8 Å². The van der Waals surface area contributed by atoms with Crippen molar-refractivity contribution in [1.29, 1.82) is 0 Å². The molecule has 2 aromatic rings. The van der Waals surface area contributed by atoms with E-state index >= 15 is 0 Å². The van der Waals surface area contributed by atoms with Gasteiger partial charge in [0.1, 0.15) is 23.3 Å². The third kappa shape index (κ3) is 3.29. The van der Waals surface area contributed by atoms with Crippen LogP contribution in [0.3, 0.4) is 0 Å². The van der Waals surface area contributed by atoms with Gasteiger partial charge in [0.2, 0.25) is 0 Å². The Balaban J connectivity index is 2.55. The molecule has 0 saturated carbocycles. The van der Waals surface area contributed by atoms with E-state index in [2.05, 4.69) is 15.9 Å². The molecule has 3 nitrogen and oxygen atoms in total. The highest BCUT2D eigenvalue weighted by Gasteiger charge is 2.17. The van der Waals surface area contributed by atoms with E-state index in [0.29, 0.717) is 10.4 Å². The van der Waals surface area contributed by atoms with Gasteiger partial charge in [0.25, 0.3) is 5.56 Å². The lowest BCUT2D eigenvalue weighted by molar-refractivity contribution is 0.387. The normalized spacial score (nSPS) is 10.7. The molecular weight excluding hydrogens is 364 g/mol. The van der Waals surface area contributed by atoms with Gasteiger partial charge in [-0.25, -0.2) is 8.78 Å². The second-order valence-electron chi connectivity index (χ2n) is 4.24. The summed E-state index contributed by atoms with van der Waals surface area (Å²) in [7, 11) is 1.46. The van der Waals surface area contributed by atoms with Gasteiger partial charge in [0, 0.05) is 19.2 Å². The number of aromatic nitrogens is 1. The molecule has 0 fully saturated rings. The van der Waals surface area contributed by atoms with Crippen LogP contribution in [0.15, 0.2) is 33.5 Å². The van der Waals surface area contributed by atoms with E-state index in [1.807, 2.05) is 6.26 Å². The first kappa shape index (κ1) is 16.0. The number of hydrogen-bond acceptors (Lipinski definition) is 3. The molecule has 112 valence electrons. The first-order valence-corrected chi connectivity index (χ1v) is 8.11. The molecule has 0 atom stereocenters. The molecule has 7 heteroatoms. The van der Waals surface area contributed by atoms with Crippen LogP contribution in [0.5, 0.6) is 5.75 Å². The highest BCUT2D eigenvalue weighted by molar-refractivity contribution is 9.10. The van der Waals surface area contributed by atoms with E-state index in [4.69, 9.17) is 4.74 Å². The SMILES string of the molecule is CSCOc1cc(F)c(-c2ccc(Br)c(=O)n2C)c(F)c1. The molecule has 0 radical (unpaired) electrons. The number of halogens is 3. The third-order valence-corrected chi connectivity index (χ3v) is 3.83. The lowest BCUT2D eigenvalue weighted by Crippen LogP contribution is -2.19. The lowest BCUT2D eigenvalue weighted by atomic mass is 10.1. The fourth-order valence-electron chi connectivity index (χ4n) is 1.86. The van der Waals surface area contributed by atoms with Crippen LogP contribution in [-0.4, -0.2) is 16.8 Å². The van der Waals surface area contributed by atoms with E-state index in [1.165, 1.54) is 35.5 Å². The molecule has 1 aromatic heterocycles. The topological polar surface area (TPSA) is 31.2 Å². The van der Waals surface area contributed by atoms with Crippen molar-refractivity contribution in [2.75, 3.05) is 12.2 Å². The third-order valence-electron chi connectivity index (χ3n) is 2.87. The van der Waals surface area contributed by atoms with E-state index in [9.17, 15) is 13.6 Å². The first-order chi connectivity index (χ1) is 9.95. The Morgan fingerprint density at radius 3 is 2.48 bits per heavy atom. The summed E-state index contributed by atoms with van der Waals surface area (Å²) >= 11 is 4.48. The van der Waals surface area contributed by atoms with Crippen LogP contribution in [0.2, 0.25) is 0 Å². The van der Waals surface area contributed by atoms with Crippen molar-refractivity contribution in [3.05, 3.63) is 50.7 Å². The molecule has 2 rings (SSSR count). The van der Waals surface area contributed by atoms with Crippen LogP contribution < -0.4 is 10.3 Å². The van der Waals surface area contributed by atoms with Gasteiger partial charge in [0.05, 0.1) is 15.7 Å². The van der Waals surface area contributed by atoms with E-state index in [1.54, 1.807) is 0 Å². The maximum Gasteiger partial charge on any atom is 0.265 e. The number of nitrogens with zero attached hydrogens (tertiary/aromatic N) is 1. The van der Waals surface area contributed by atoms with Crippen molar-refractivity contribution in [3.8, 4) is 17.0 Å². The minimum absolute atomic E-state index is 0.116. The zero-order chi connectivity index (χ0) is 15.6. The molecule has 0 unspecified atom stereocenters. The number of hydrogen-bond donors (Lipinski definition) is 0. The standard InChI is InChI=1S/C14H12BrF2NO2S/c1-18-12(4-3-9(15)14(18)19)13-10(16)5-8(6-11(13)17)20-7-21-2/h3-6H,7H2,1-2H3. The number of pyridine rings is 1. The Morgan fingerprint density at radius 2 is 1.90 bits per heavy atom. The van der Waals surface area contributed by atoms with Crippen LogP contribution in [0.4, 0.5) is 8.78 Å². The largest absolute Gasteiger partial charge is 0.483 e. The van der Waals surface area contributed by atoms with Gasteiger partial charge in [-0.3, -0.25) is 4.79 Å². The summed E-state index contributed by atoms with van der Waals surface area (Å²) in [5.41, 5.74) is -0.456. The maximum absolute atomic E-state index is 14.2. The molecule has 0 aliphatic rings. The molecule has 21 heavy (non-hydrogen) atoms. The maximum atomic E-state index is 14.2. The molecule has 0 saturated heterocycles. The number of ether oxygens (including phenoxy) is 1. The van der Waals surface area contributed by atoms with Crippen LogP contribution in [0.25, 0.3) is 11.3 Å². The molecule has 0 N–H and O–H groups in total. The molecule has 1 heterocycles. The fourth-order valence-corrected chi connectivity index (χ4v) is 2.51. The Labute approximate surface area is 133 Å². The Morgan fingerprint density at radius 1 is 1.29 bits per heavy atom. The highest BCUT2D eigenvalue weighted by atomic mass is 79.9. The summed E-state index contributed by atoms with van der Waals surface area (Å²) in [6, 6.07) is 5.17. The number of thioether (sulfide) groups is 1. The van der Waals surface area contributed by atoms with E-state index in [-0.39, 0.29) is 22.6 Å². The average Bonchev–Trinajstić information content (AvgIpc) is 2.44. The molecule has 0 spiro atoms. The first-order valence-electron chi connectivity index (χ1n) is 5.92. The van der Waals surface area contributed by atoms with Crippen molar-refractivity contribution in [1.82, 2.24) is 4.57 Å². The fraction of sp³-hybridized carbons (Fsp3) is 0.214. The monoisotopic (exact) mass is 375 g/mol. The van der Waals surface area contributed by atoms with Crippen LogP contribution >= 0.6 is 27.7 Å². The van der Waals surface area contributed by atoms with Gasteiger partial charge < -0.3 is 9.30 Å². The zero-order valence-corrected chi connectivity index (χ0v) is 13.7. The summed E-state index contributed by atoms with van der Waals surface area (Å²) in [6.45, 7) is 0. The van der Waals surface area contributed by atoms with E-state index in [0.717, 1.165) is 12.1 Å². The molecule has 0 bridgehead atoms. The average molecular weight is 376 g/mol. The highest BCUT2D eigenvalue weighted by Crippen LogP contribution is 2.29. The lowest BCUT2D eigenvalue weighted by Gasteiger charge is -2.12. The van der Waals surface area contributed by atoms with Crippen LogP contribution in [0.1, 0.15) is 0 Å². The Bertz CT molecular complexity index is 710. The van der Waals surface area contributed by atoms with Gasteiger partial charge in [-0.2, -0.15) is 0 Å². The van der Waals surface area contributed by atoms with E-state index < -0.39 is 11.6 Å². The molecule has 0 aliphatic carbocycles. The number of rotatable bonds is 4. The Hall–Kier alpha value is -1.34.